The zero-order chi connectivity index (χ0) is 14.8. The average Bonchev–Trinajstić information content (AvgIpc) is 2.53. The second kappa shape index (κ2) is 5.91. The number of carbonyl (C=O) groups is 1. The van der Waals surface area contributed by atoms with E-state index in [-0.39, 0.29) is 11.9 Å². The van der Waals surface area contributed by atoms with E-state index >= 15 is 0 Å². The molecule has 6 nitrogen and oxygen atoms in total. The molecule has 21 heavy (non-hydrogen) atoms. The van der Waals surface area contributed by atoms with Crippen LogP contribution in [0.15, 0.2) is 18.2 Å². The third kappa shape index (κ3) is 2.69. The number of fused-ring (bicyclic) bond motifs is 1. The van der Waals surface area contributed by atoms with Crippen molar-refractivity contribution in [1.29, 1.82) is 0 Å². The molecule has 1 fully saturated rings. The Hall–Kier alpha value is -1.79. The maximum Gasteiger partial charge on any atom is 0.258 e. The van der Waals surface area contributed by atoms with Crippen LogP contribution in [0.2, 0.25) is 0 Å². The molecule has 3 rings (SSSR count). The molecule has 2 aliphatic rings. The van der Waals surface area contributed by atoms with Crippen LogP contribution in [0.3, 0.4) is 0 Å². The van der Waals surface area contributed by atoms with Gasteiger partial charge in [-0.25, -0.2) is 0 Å². The van der Waals surface area contributed by atoms with Crippen molar-refractivity contribution in [3.8, 4) is 11.5 Å². The Kier molecular flexibility index (Phi) is 3.98. The summed E-state index contributed by atoms with van der Waals surface area (Å²) in [6.45, 7) is 3.79. The highest BCUT2D eigenvalue weighted by molar-refractivity contribution is 5.98. The Morgan fingerprint density at radius 3 is 2.95 bits per heavy atom. The highest BCUT2D eigenvalue weighted by Crippen LogP contribution is 2.34. The quantitative estimate of drug-likeness (QED) is 0.841. The van der Waals surface area contributed by atoms with Crippen molar-refractivity contribution in [2.75, 3.05) is 46.4 Å². The Balaban J connectivity index is 1.88. The summed E-state index contributed by atoms with van der Waals surface area (Å²) < 4.78 is 11.2. The predicted molar refractivity (Wildman–Crippen MR) is 78.8 cm³/mol. The molecule has 2 heterocycles. The van der Waals surface area contributed by atoms with E-state index in [9.17, 15) is 4.79 Å². The van der Waals surface area contributed by atoms with Gasteiger partial charge in [0, 0.05) is 26.2 Å². The Labute approximate surface area is 124 Å². The number of ether oxygens (including phenoxy) is 2. The zero-order valence-electron chi connectivity index (χ0n) is 12.2. The van der Waals surface area contributed by atoms with Gasteiger partial charge in [-0.3, -0.25) is 4.79 Å². The number of rotatable bonds is 2. The van der Waals surface area contributed by atoms with Crippen molar-refractivity contribution in [1.82, 2.24) is 9.80 Å². The van der Waals surface area contributed by atoms with Crippen molar-refractivity contribution < 1.29 is 14.3 Å². The van der Waals surface area contributed by atoms with Crippen LogP contribution in [0.25, 0.3) is 0 Å². The second-order valence-corrected chi connectivity index (χ2v) is 5.48. The molecule has 114 valence electrons. The molecule has 6 heteroatoms. The third-order valence-corrected chi connectivity index (χ3v) is 4.02. The van der Waals surface area contributed by atoms with Crippen LogP contribution in [0.4, 0.5) is 0 Å². The fourth-order valence-corrected chi connectivity index (χ4v) is 2.88. The summed E-state index contributed by atoms with van der Waals surface area (Å²) in [7, 11) is 2.05. The fourth-order valence-electron chi connectivity index (χ4n) is 2.88. The normalized spacial score (nSPS) is 22.2. The molecule has 1 atom stereocenters. The Bertz CT molecular complexity index is 535. The lowest BCUT2D eigenvalue weighted by molar-refractivity contribution is 0.0507. The van der Waals surface area contributed by atoms with Crippen molar-refractivity contribution in [2.24, 2.45) is 5.73 Å². The van der Waals surface area contributed by atoms with Gasteiger partial charge in [0.15, 0.2) is 11.5 Å². The van der Waals surface area contributed by atoms with Gasteiger partial charge in [-0.05, 0) is 19.2 Å². The van der Waals surface area contributed by atoms with E-state index in [4.69, 9.17) is 15.2 Å². The maximum atomic E-state index is 12.9. The zero-order valence-corrected chi connectivity index (χ0v) is 12.2. The molecular formula is C15H21N3O3. The standard InChI is InChI=1S/C15H21N3O3/c1-17-5-6-18(11(9-16)10-17)15(19)12-3-2-4-13-14(12)21-8-7-20-13/h2-4,11H,5-10,16H2,1H3. The van der Waals surface area contributed by atoms with Crippen LogP contribution in [-0.4, -0.2) is 68.2 Å². The summed E-state index contributed by atoms with van der Waals surface area (Å²) in [5.74, 6) is 1.18. The maximum absolute atomic E-state index is 12.9. The van der Waals surface area contributed by atoms with Gasteiger partial charge in [-0.2, -0.15) is 0 Å². The minimum absolute atomic E-state index is 0.0269. The van der Waals surface area contributed by atoms with Crippen LogP contribution in [0.5, 0.6) is 11.5 Å². The van der Waals surface area contributed by atoms with Gasteiger partial charge in [-0.1, -0.05) is 6.07 Å². The van der Waals surface area contributed by atoms with Crippen molar-refractivity contribution in [2.45, 2.75) is 6.04 Å². The number of amides is 1. The van der Waals surface area contributed by atoms with Gasteiger partial charge in [-0.15, -0.1) is 0 Å². The Morgan fingerprint density at radius 2 is 2.14 bits per heavy atom. The molecule has 1 aromatic rings. The molecule has 1 aromatic carbocycles. The number of nitrogens with two attached hydrogens (primary N) is 1. The van der Waals surface area contributed by atoms with Crippen molar-refractivity contribution >= 4 is 5.91 Å². The topological polar surface area (TPSA) is 68.0 Å². The number of nitrogens with zero attached hydrogens (tertiary/aromatic N) is 2. The molecule has 0 bridgehead atoms. The summed E-state index contributed by atoms with van der Waals surface area (Å²) in [4.78, 5) is 16.9. The van der Waals surface area contributed by atoms with Gasteiger partial charge < -0.3 is 25.0 Å². The van der Waals surface area contributed by atoms with Gasteiger partial charge in [0.25, 0.3) is 5.91 Å². The van der Waals surface area contributed by atoms with Crippen LogP contribution in [-0.2, 0) is 0 Å². The number of carbonyl (C=O) groups excluding carboxylic acids is 1. The summed E-state index contributed by atoms with van der Waals surface area (Å²) in [6, 6.07) is 5.49. The summed E-state index contributed by atoms with van der Waals surface area (Å²) in [6.07, 6.45) is 0. The number of hydrogen-bond donors (Lipinski definition) is 1. The molecule has 1 saturated heterocycles. The molecule has 0 saturated carbocycles. The number of benzene rings is 1. The van der Waals surface area contributed by atoms with Gasteiger partial charge in [0.05, 0.1) is 11.6 Å². The molecule has 1 amide bonds. The minimum atomic E-state index is -0.0269. The summed E-state index contributed by atoms with van der Waals surface area (Å²) in [5.41, 5.74) is 6.40. The van der Waals surface area contributed by atoms with E-state index in [1.807, 2.05) is 24.1 Å². The van der Waals surface area contributed by atoms with Crippen LogP contribution >= 0.6 is 0 Å². The average molecular weight is 291 g/mol. The van der Waals surface area contributed by atoms with Crippen molar-refractivity contribution in [3.05, 3.63) is 23.8 Å². The first-order valence-corrected chi connectivity index (χ1v) is 7.29. The second-order valence-electron chi connectivity index (χ2n) is 5.48. The van der Waals surface area contributed by atoms with Gasteiger partial charge >= 0.3 is 0 Å². The molecular weight excluding hydrogens is 270 g/mol. The van der Waals surface area contributed by atoms with Crippen molar-refractivity contribution in [3.63, 3.8) is 0 Å². The van der Waals surface area contributed by atoms with E-state index in [0.29, 0.717) is 43.4 Å². The highest BCUT2D eigenvalue weighted by Gasteiger charge is 2.31. The smallest absolute Gasteiger partial charge is 0.258 e. The monoisotopic (exact) mass is 291 g/mol. The molecule has 0 spiro atoms. The number of hydrogen-bond acceptors (Lipinski definition) is 5. The van der Waals surface area contributed by atoms with Crippen LogP contribution in [0.1, 0.15) is 10.4 Å². The Morgan fingerprint density at radius 1 is 1.33 bits per heavy atom. The van der Waals surface area contributed by atoms with E-state index in [2.05, 4.69) is 4.90 Å². The van der Waals surface area contributed by atoms with E-state index in [1.54, 1.807) is 6.07 Å². The van der Waals surface area contributed by atoms with E-state index in [0.717, 1.165) is 13.1 Å². The molecule has 2 N–H and O–H groups in total. The molecule has 2 aliphatic heterocycles. The summed E-state index contributed by atoms with van der Waals surface area (Å²) in [5, 5.41) is 0. The van der Waals surface area contributed by atoms with E-state index in [1.165, 1.54) is 0 Å². The molecule has 1 unspecified atom stereocenters. The van der Waals surface area contributed by atoms with Gasteiger partial charge in [0.1, 0.15) is 13.2 Å². The molecule has 0 radical (unpaired) electrons. The first-order valence-electron chi connectivity index (χ1n) is 7.29. The number of piperazine rings is 1. The summed E-state index contributed by atoms with van der Waals surface area (Å²) >= 11 is 0. The fraction of sp³-hybridized carbons (Fsp3) is 0.533. The molecule has 0 aromatic heterocycles. The first-order chi connectivity index (χ1) is 10.2. The largest absolute Gasteiger partial charge is 0.486 e. The third-order valence-electron chi connectivity index (χ3n) is 4.02. The lowest BCUT2D eigenvalue weighted by atomic mass is 10.1. The lowest BCUT2D eigenvalue weighted by Crippen LogP contribution is -2.56. The molecule has 0 aliphatic carbocycles. The van der Waals surface area contributed by atoms with Crippen LogP contribution in [0, 0.1) is 0 Å². The predicted octanol–water partition coefficient (Wildman–Crippen LogP) is 0.173. The SMILES string of the molecule is CN1CCN(C(=O)c2cccc3c2OCCO3)C(CN)C1. The number of para-hydroxylation sites is 1. The van der Waals surface area contributed by atoms with E-state index < -0.39 is 0 Å². The van der Waals surface area contributed by atoms with Gasteiger partial charge in [0.2, 0.25) is 0 Å². The first kappa shape index (κ1) is 14.2. The number of likely N-dealkylation sites (N-methyl/N-ethyl adjacent to an activating group) is 1. The minimum Gasteiger partial charge on any atom is -0.486 e. The lowest BCUT2D eigenvalue weighted by Gasteiger charge is -2.39. The highest BCUT2D eigenvalue weighted by atomic mass is 16.6. The van der Waals surface area contributed by atoms with Crippen LogP contribution < -0.4 is 15.2 Å².